The number of unbranched alkanes of at least 4 members (excludes halogenated alkanes) is 1. The Hall–Kier alpha value is -0.0500. The molecule has 0 radical (unpaired) electrons. The molecule has 0 fully saturated rings. The van der Waals surface area contributed by atoms with E-state index < -0.39 is 0 Å². The van der Waals surface area contributed by atoms with Crippen molar-refractivity contribution in [2.45, 2.75) is 19.8 Å². The van der Waals surface area contributed by atoms with E-state index in [2.05, 4.69) is 17.9 Å². The summed E-state index contributed by atoms with van der Waals surface area (Å²) in [5.41, 5.74) is 0. The second kappa shape index (κ2) is 10.0. The second-order valence-corrected chi connectivity index (χ2v) is 3.31. The molecule has 0 aromatic rings. The molecule has 0 amide bonds. The van der Waals surface area contributed by atoms with E-state index in [4.69, 9.17) is 16.7 Å². The van der Waals surface area contributed by atoms with E-state index in [0.29, 0.717) is 5.88 Å². The largest absolute Gasteiger partial charge is 0.395 e. The standard InChI is InChI=1S/C10H20ClNO/c1-2-3-7-12(9-10-13)8-5-4-6-11/h4-5,13H,2-3,6-10H2,1H3. The highest BCUT2D eigenvalue weighted by atomic mass is 35.5. The normalized spacial score (nSPS) is 11.7. The summed E-state index contributed by atoms with van der Waals surface area (Å²) in [6, 6.07) is 0. The Morgan fingerprint density at radius 2 is 2.08 bits per heavy atom. The van der Waals surface area contributed by atoms with E-state index in [0.717, 1.165) is 19.6 Å². The van der Waals surface area contributed by atoms with Gasteiger partial charge < -0.3 is 5.11 Å². The molecule has 0 rings (SSSR count). The van der Waals surface area contributed by atoms with Crippen LogP contribution < -0.4 is 0 Å². The van der Waals surface area contributed by atoms with E-state index in [1.165, 1.54) is 12.8 Å². The van der Waals surface area contributed by atoms with Gasteiger partial charge in [0.25, 0.3) is 0 Å². The number of nitrogens with zero attached hydrogens (tertiary/aromatic N) is 1. The van der Waals surface area contributed by atoms with Crippen LogP contribution in [0.15, 0.2) is 12.2 Å². The van der Waals surface area contributed by atoms with Crippen LogP contribution in [0.1, 0.15) is 19.8 Å². The zero-order valence-corrected chi connectivity index (χ0v) is 9.13. The van der Waals surface area contributed by atoms with Gasteiger partial charge in [-0.15, -0.1) is 11.6 Å². The predicted octanol–water partition coefficient (Wildman–Crippen LogP) is 1.88. The van der Waals surface area contributed by atoms with Gasteiger partial charge in [-0.3, -0.25) is 4.90 Å². The molecule has 0 spiro atoms. The Morgan fingerprint density at radius 3 is 2.62 bits per heavy atom. The van der Waals surface area contributed by atoms with E-state index in [1.807, 2.05) is 6.08 Å². The molecule has 3 heteroatoms. The summed E-state index contributed by atoms with van der Waals surface area (Å²) in [7, 11) is 0. The highest BCUT2D eigenvalue weighted by Gasteiger charge is 1.99. The van der Waals surface area contributed by atoms with E-state index >= 15 is 0 Å². The van der Waals surface area contributed by atoms with E-state index in [1.54, 1.807) is 0 Å². The maximum Gasteiger partial charge on any atom is 0.0558 e. The van der Waals surface area contributed by atoms with Gasteiger partial charge in [0.15, 0.2) is 0 Å². The SMILES string of the molecule is CCCCN(CC=CCCl)CCO. The molecule has 78 valence electrons. The monoisotopic (exact) mass is 205 g/mol. The number of rotatable bonds is 8. The lowest BCUT2D eigenvalue weighted by Crippen LogP contribution is -2.28. The number of aliphatic hydroxyl groups is 1. The molecule has 2 nitrogen and oxygen atoms in total. The Balaban J connectivity index is 3.59. The van der Waals surface area contributed by atoms with Crippen molar-refractivity contribution in [3.63, 3.8) is 0 Å². The molecule has 0 saturated carbocycles. The quantitative estimate of drug-likeness (QED) is 0.483. The predicted molar refractivity (Wildman–Crippen MR) is 58.3 cm³/mol. The summed E-state index contributed by atoms with van der Waals surface area (Å²) in [6.07, 6.45) is 6.38. The van der Waals surface area contributed by atoms with Crippen LogP contribution in [0.3, 0.4) is 0 Å². The maximum atomic E-state index is 8.80. The Morgan fingerprint density at radius 1 is 1.31 bits per heavy atom. The summed E-state index contributed by atoms with van der Waals surface area (Å²) in [5, 5.41) is 8.80. The van der Waals surface area contributed by atoms with Crippen LogP contribution in [0.25, 0.3) is 0 Å². The first-order valence-corrected chi connectivity index (χ1v) is 5.42. The number of halogens is 1. The van der Waals surface area contributed by atoms with Crippen LogP contribution in [0.5, 0.6) is 0 Å². The minimum absolute atomic E-state index is 0.235. The topological polar surface area (TPSA) is 23.5 Å². The van der Waals surface area contributed by atoms with Gasteiger partial charge in [0.1, 0.15) is 0 Å². The molecule has 13 heavy (non-hydrogen) atoms. The van der Waals surface area contributed by atoms with Gasteiger partial charge in [0.2, 0.25) is 0 Å². The van der Waals surface area contributed by atoms with Gasteiger partial charge in [-0.25, -0.2) is 0 Å². The van der Waals surface area contributed by atoms with Crippen LogP contribution in [0.2, 0.25) is 0 Å². The highest BCUT2D eigenvalue weighted by molar-refractivity contribution is 6.18. The molecule has 0 heterocycles. The molecular formula is C10H20ClNO. The van der Waals surface area contributed by atoms with Crippen LogP contribution in [-0.4, -0.2) is 42.1 Å². The third-order valence-electron chi connectivity index (χ3n) is 1.86. The lowest BCUT2D eigenvalue weighted by molar-refractivity contribution is 0.206. The van der Waals surface area contributed by atoms with Gasteiger partial charge in [-0.1, -0.05) is 25.5 Å². The van der Waals surface area contributed by atoms with Crippen molar-refractivity contribution in [1.29, 1.82) is 0 Å². The van der Waals surface area contributed by atoms with Crippen molar-refractivity contribution in [3.05, 3.63) is 12.2 Å². The van der Waals surface area contributed by atoms with Crippen LogP contribution in [-0.2, 0) is 0 Å². The molecule has 0 aromatic heterocycles. The fourth-order valence-electron chi connectivity index (χ4n) is 1.10. The van der Waals surface area contributed by atoms with Crippen molar-refractivity contribution in [2.24, 2.45) is 0 Å². The highest BCUT2D eigenvalue weighted by Crippen LogP contribution is 1.95. The van der Waals surface area contributed by atoms with Crippen molar-refractivity contribution in [1.82, 2.24) is 4.90 Å². The zero-order chi connectivity index (χ0) is 9.94. The Kier molecular flexibility index (Phi) is 10.00. The zero-order valence-electron chi connectivity index (χ0n) is 8.38. The van der Waals surface area contributed by atoms with Crippen LogP contribution >= 0.6 is 11.6 Å². The van der Waals surface area contributed by atoms with Crippen LogP contribution in [0, 0.1) is 0 Å². The summed E-state index contributed by atoms with van der Waals surface area (Å²) in [4.78, 5) is 2.23. The number of hydrogen-bond donors (Lipinski definition) is 1. The number of hydrogen-bond acceptors (Lipinski definition) is 2. The number of allylic oxidation sites excluding steroid dienone is 1. The fourth-order valence-corrected chi connectivity index (χ4v) is 1.23. The van der Waals surface area contributed by atoms with Crippen molar-refractivity contribution in [3.8, 4) is 0 Å². The Labute approximate surface area is 86.2 Å². The molecule has 0 aliphatic heterocycles. The minimum Gasteiger partial charge on any atom is -0.395 e. The first-order chi connectivity index (χ1) is 6.35. The van der Waals surface area contributed by atoms with E-state index in [9.17, 15) is 0 Å². The number of alkyl halides is 1. The van der Waals surface area contributed by atoms with E-state index in [-0.39, 0.29) is 6.61 Å². The van der Waals surface area contributed by atoms with Crippen molar-refractivity contribution < 1.29 is 5.11 Å². The van der Waals surface area contributed by atoms with Gasteiger partial charge in [0.05, 0.1) is 6.61 Å². The molecule has 0 atom stereocenters. The van der Waals surface area contributed by atoms with Gasteiger partial charge in [-0.05, 0) is 13.0 Å². The van der Waals surface area contributed by atoms with Crippen LogP contribution in [0.4, 0.5) is 0 Å². The maximum absolute atomic E-state index is 8.80. The second-order valence-electron chi connectivity index (χ2n) is 3.00. The first-order valence-electron chi connectivity index (χ1n) is 4.89. The summed E-state index contributed by atoms with van der Waals surface area (Å²) < 4.78 is 0. The van der Waals surface area contributed by atoms with Gasteiger partial charge >= 0.3 is 0 Å². The molecule has 0 aliphatic carbocycles. The molecule has 0 aliphatic rings. The molecule has 0 saturated heterocycles. The molecular weight excluding hydrogens is 186 g/mol. The lowest BCUT2D eigenvalue weighted by Gasteiger charge is -2.18. The molecule has 0 unspecified atom stereocenters. The first kappa shape index (κ1) is 12.9. The molecule has 0 bridgehead atoms. The Bertz CT molecular complexity index is 128. The smallest absolute Gasteiger partial charge is 0.0558 e. The summed E-state index contributed by atoms with van der Waals surface area (Å²) in [5.74, 6) is 0.570. The average Bonchev–Trinajstić information content (AvgIpc) is 2.14. The summed E-state index contributed by atoms with van der Waals surface area (Å²) in [6.45, 7) is 5.12. The molecule has 0 aromatic carbocycles. The molecule has 1 N–H and O–H groups in total. The number of aliphatic hydroxyl groups excluding tert-OH is 1. The fraction of sp³-hybridized carbons (Fsp3) is 0.800. The van der Waals surface area contributed by atoms with Gasteiger partial charge in [-0.2, -0.15) is 0 Å². The van der Waals surface area contributed by atoms with Crippen molar-refractivity contribution in [2.75, 3.05) is 32.1 Å². The minimum atomic E-state index is 0.235. The summed E-state index contributed by atoms with van der Waals surface area (Å²) >= 11 is 5.51. The third-order valence-corrected chi connectivity index (χ3v) is 2.04. The van der Waals surface area contributed by atoms with Crippen molar-refractivity contribution >= 4 is 11.6 Å². The van der Waals surface area contributed by atoms with Gasteiger partial charge in [0, 0.05) is 19.0 Å². The lowest BCUT2D eigenvalue weighted by atomic mass is 10.3. The average molecular weight is 206 g/mol. The third kappa shape index (κ3) is 8.28.